The quantitative estimate of drug-likeness (QED) is 0.571. The van der Waals surface area contributed by atoms with Crippen LogP contribution < -0.4 is 14.8 Å². The monoisotopic (exact) mass is 413 g/mol. The number of carbonyl (C=O) groups excluding carboxylic acids is 1. The number of anilines is 1. The molecule has 7 nitrogen and oxygen atoms in total. The minimum absolute atomic E-state index is 0.130. The minimum atomic E-state index is -0.417. The maximum atomic E-state index is 12.6. The maximum Gasteiger partial charge on any atom is 0.277 e. The van der Waals surface area contributed by atoms with E-state index in [1.807, 2.05) is 32.0 Å². The number of nitrogens with one attached hydrogen (secondary N) is 1. The zero-order valence-corrected chi connectivity index (χ0v) is 17.8. The molecule has 0 bridgehead atoms. The molecule has 2 aromatic carbocycles. The van der Waals surface area contributed by atoms with Crippen molar-refractivity contribution in [2.45, 2.75) is 31.2 Å². The predicted octanol–water partition coefficient (Wildman–Crippen LogP) is 4.49. The molecule has 0 radical (unpaired) electrons. The second-order valence-corrected chi connectivity index (χ2v) is 7.75. The van der Waals surface area contributed by atoms with E-state index < -0.39 is 5.25 Å². The van der Waals surface area contributed by atoms with Crippen molar-refractivity contribution in [1.29, 1.82) is 0 Å². The van der Waals surface area contributed by atoms with Crippen LogP contribution in [0.1, 0.15) is 18.1 Å². The predicted molar refractivity (Wildman–Crippen MR) is 113 cm³/mol. The van der Waals surface area contributed by atoms with Crippen molar-refractivity contribution in [2.24, 2.45) is 0 Å². The van der Waals surface area contributed by atoms with Gasteiger partial charge in [0.15, 0.2) is 0 Å². The third-order valence-electron chi connectivity index (χ3n) is 4.42. The fraction of sp³-hybridized carbons (Fsp3) is 0.286. The number of aryl methyl sites for hydroxylation is 2. The highest BCUT2D eigenvalue weighted by Crippen LogP contribution is 2.34. The molecule has 0 saturated carbocycles. The average molecular weight is 413 g/mol. The molecular weight excluding hydrogens is 390 g/mol. The Morgan fingerprint density at radius 3 is 2.48 bits per heavy atom. The van der Waals surface area contributed by atoms with E-state index in [0.717, 1.165) is 16.8 Å². The molecule has 0 unspecified atom stereocenters. The van der Waals surface area contributed by atoms with Crippen LogP contribution in [-0.2, 0) is 4.79 Å². The summed E-state index contributed by atoms with van der Waals surface area (Å²) in [5.74, 6) is 1.41. The minimum Gasteiger partial charge on any atom is -0.497 e. The lowest BCUT2D eigenvalue weighted by atomic mass is 10.1. The molecule has 1 heterocycles. The molecule has 1 atom stereocenters. The first kappa shape index (κ1) is 20.7. The summed E-state index contributed by atoms with van der Waals surface area (Å²) in [5.41, 5.74) is 3.52. The van der Waals surface area contributed by atoms with Gasteiger partial charge in [-0.25, -0.2) is 0 Å². The van der Waals surface area contributed by atoms with E-state index in [9.17, 15) is 4.79 Å². The molecule has 29 heavy (non-hydrogen) atoms. The Labute approximate surface area is 173 Å². The number of hydrogen-bond acceptors (Lipinski definition) is 7. The van der Waals surface area contributed by atoms with E-state index >= 15 is 0 Å². The molecule has 152 valence electrons. The largest absolute Gasteiger partial charge is 0.497 e. The fourth-order valence-electron chi connectivity index (χ4n) is 2.78. The summed E-state index contributed by atoms with van der Waals surface area (Å²) >= 11 is 1.20. The highest BCUT2D eigenvalue weighted by Gasteiger charge is 2.21. The van der Waals surface area contributed by atoms with Gasteiger partial charge in [0.2, 0.25) is 5.91 Å². The van der Waals surface area contributed by atoms with Crippen molar-refractivity contribution < 1.29 is 18.7 Å². The summed E-state index contributed by atoms with van der Waals surface area (Å²) in [7, 11) is 3.14. The number of para-hydroxylation sites is 1. The van der Waals surface area contributed by atoms with Crippen molar-refractivity contribution in [3.05, 3.63) is 47.5 Å². The van der Waals surface area contributed by atoms with Crippen molar-refractivity contribution in [3.8, 4) is 23.0 Å². The summed E-state index contributed by atoms with van der Waals surface area (Å²) in [6.45, 7) is 5.73. The van der Waals surface area contributed by atoms with Crippen molar-refractivity contribution in [2.75, 3.05) is 19.5 Å². The van der Waals surface area contributed by atoms with Gasteiger partial charge in [0, 0.05) is 11.8 Å². The third-order valence-corrected chi connectivity index (χ3v) is 5.36. The number of benzene rings is 2. The van der Waals surface area contributed by atoms with Gasteiger partial charge in [-0.2, -0.15) is 0 Å². The first-order chi connectivity index (χ1) is 13.9. The lowest BCUT2D eigenvalue weighted by Gasteiger charge is -2.14. The van der Waals surface area contributed by atoms with E-state index in [1.165, 1.54) is 11.8 Å². The molecule has 1 amide bonds. The van der Waals surface area contributed by atoms with Gasteiger partial charge in [-0.3, -0.25) is 4.79 Å². The van der Waals surface area contributed by atoms with E-state index in [-0.39, 0.29) is 5.91 Å². The Kier molecular flexibility index (Phi) is 6.43. The lowest BCUT2D eigenvalue weighted by Crippen LogP contribution is -2.23. The number of rotatable bonds is 7. The Balaban J connectivity index is 1.72. The van der Waals surface area contributed by atoms with Gasteiger partial charge in [-0.1, -0.05) is 30.0 Å². The number of ether oxygens (including phenoxy) is 2. The molecule has 1 aromatic heterocycles. The van der Waals surface area contributed by atoms with Crippen LogP contribution in [0.4, 0.5) is 5.69 Å². The number of amides is 1. The summed E-state index contributed by atoms with van der Waals surface area (Å²) in [6.07, 6.45) is 0. The third kappa shape index (κ3) is 4.71. The Hall–Kier alpha value is -3.00. The van der Waals surface area contributed by atoms with Crippen LogP contribution in [0.2, 0.25) is 0 Å². The molecule has 0 spiro atoms. The van der Waals surface area contributed by atoms with Crippen LogP contribution in [0.3, 0.4) is 0 Å². The number of thioether (sulfide) groups is 1. The average Bonchev–Trinajstić information content (AvgIpc) is 3.18. The van der Waals surface area contributed by atoms with Gasteiger partial charge >= 0.3 is 0 Å². The highest BCUT2D eigenvalue weighted by atomic mass is 32.2. The van der Waals surface area contributed by atoms with E-state index in [0.29, 0.717) is 28.2 Å². The standard InChI is InChI=1S/C21H23N3O4S/c1-12-7-6-8-13(2)18(12)22-19(25)14(3)29-21-24-23-20(28-21)16-10-9-15(26-4)11-17(16)27-5/h6-11,14H,1-5H3,(H,22,25)/t14-/m0/s1. The van der Waals surface area contributed by atoms with Crippen LogP contribution >= 0.6 is 11.8 Å². The molecule has 0 aliphatic rings. The topological polar surface area (TPSA) is 86.5 Å². The second-order valence-electron chi connectivity index (χ2n) is 6.46. The van der Waals surface area contributed by atoms with E-state index in [4.69, 9.17) is 13.9 Å². The number of aromatic nitrogens is 2. The maximum absolute atomic E-state index is 12.6. The number of hydrogen-bond donors (Lipinski definition) is 1. The summed E-state index contributed by atoms with van der Waals surface area (Å²) in [5, 5.41) is 11.0. The van der Waals surface area contributed by atoms with Gasteiger partial charge in [-0.15, -0.1) is 10.2 Å². The van der Waals surface area contributed by atoms with Gasteiger partial charge in [0.05, 0.1) is 25.0 Å². The van der Waals surface area contributed by atoms with Crippen LogP contribution in [-0.4, -0.2) is 35.6 Å². The lowest BCUT2D eigenvalue weighted by molar-refractivity contribution is -0.115. The van der Waals surface area contributed by atoms with Crippen LogP contribution in [0.5, 0.6) is 11.5 Å². The molecule has 0 saturated heterocycles. The summed E-state index contributed by atoms with van der Waals surface area (Å²) in [6, 6.07) is 11.2. The molecule has 8 heteroatoms. The molecule has 0 aliphatic carbocycles. The zero-order chi connectivity index (χ0) is 21.0. The van der Waals surface area contributed by atoms with Gasteiger partial charge in [0.25, 0.3) is 11.1 Å². The normalized spacial score (nSPS) is 11.8. The van der Waals surface area contributed by atoms with E-state index in [1.54, 1.807) is 39.3 Å². The molecule has 1 N–H and O–H groups in total. The Morgan fingerprint density at radius 2 is 1.83 bits per heavy atom. The Morgan fingerprint density at radius 1 is 1.10 bits per heavy atom. The van der Waals surface area contributed by atoms with Gasteiger partial charge < -0.3 is 19.2 Å². The molecule has 0 fully saturated rings. The summed E-state index contributed by atoms with van der Waals surface area (Å²) < 4.78 is 16.3. The van der Waals surface area contributed by atoms with Crippen molar-refractivity contribution >= 4 is 23.4 Å². The van der Waals surface area contributed by atoms with E-state index in [2.05, 4.69) is 15.5 Å². The van der Waals surface area contributed by atoms with Crippen LogP contribution in [0, 0.1) is 13.8 Å². The van der Waals surface area contributed by atoms with Crippen molar-refractivity contribution in [3.63, 3.8) is 0 Å². The number of nitrogens with zero attached hydrogens (tertiary/aromatic N) is 2. The molecule has 3 aromatic rings. The molecule has 0 aliphatic heterocycles. The summed E-state index contributed by atoms with van der Waals surface area (Å²) in [4.78, 5) is 12.6. The first-order valence-electron chi connectivity index (χ1n) is 9.02. The smallest absolute Gasteiger partial charge is 0.277 e. The van der Waals surface area contributed by atoms with Gasteiger partial charge in [-0.05, 0) is 44.0 Å². The van der Waals surface area contributed by atoms with Crippen molar-refractivity contribution in [1.82, 2.24) is 10.2 Å². The molecular formula is C21H23N3O4S. The number of carbonyl (C=O) groups is 1. The fourth-order valence-corrected chi connectivity index (χ4v) is 3.47. The Bertz CT molecular complexity index is 999. The molecule has 3 rings (SSSR count). The van der Waals surface area contributed by atoms with Crippen LogP contribution in [0.25, 0.3) is 11.5 Å². The zero-order valence-electron chi connectivity index (χ0n) is 17.0. The highest BCUT2D eigenvalue weighted by molar-refractivity contribution is 8.00. The SMILES string of the molecule is COc1ccc(-c2nnc(S[C@@H](C)C(=O)Nc3c(C)cccc3C)o2)c(OC)c1. The van der Waals surface area contributed by atoms with Crippen LogP contribution in [0.15, 0.2) is 46.0 Å². The first-order valence-corrected chi connectivity index (χ1v) is 9.90. The van der Waals surface area contributed by atoms with Gasteiger partial charge in [0.1, 0.15) is 11.5 Å². The second kappa shape index (κ2) is 9.00. The number of methoxy groups -OCH3 is 2.